The number of nitro groups is 1. The number of pyridine rings is 1. The summed E-state index contributed by atoms with van der Waals surface area (Å²) in [7, 11) is -4.17. The normalized spacial score (nSPS) is 11.0. The summed E-state index contributed by atoms with van der Waals surface area (Å²) >= 11 is 0. The van der Waals surface area contributed by atoms with Crippen LogP contribution in [0, 0.1) is 10.1 Å². The quantitative estimate of drug-likeness (QED) is 0.330. The molecule has 7 nitrogen and oxygen atoms in total. The van der Waals surface area contributed by atoms with Crippen molar-refractivity contribution in [1.82, 2.24) is 4.98 Å². The Kier molecular flexibility index (Phi) is 3.69. The molecule has 1 heterocycles. The molecule has 0 saturated heterocycles. The highest BCUT2D eigenvalue weighted by molar-refractivity contribution is 7.87. The standard InChI is InChI=1S/C8H8N2O5S/c1-2-5-15-16(13,14)8-6-9-4-3-7(8)10(11)12/h2-4,6H,1,5H2. The van der Waals surface area contributed by atoms with Crippen molar-refractivity contribution < 1.29 is 17.5 Å². The highest BCUT2D eigenvalue weighted by Gasteiger charge is 2.26. The molecule has 0 unspecified atom stereocenters. The Hall–Kier alpha value is -1.80. The summed E-state index contributed by atoms with van der Waals surface area (Å²) in [4.78, 5) is 12.7. The Labute approximate surface area is 91.7 Å². The van der Waals surface area contributed by atoms with Crippen LogP contribution in [0.5, 0.6) is 0 Å². The average Bonchev–Trinajstić information content (AvgIpc) is 2.26. The largest absolute Gasteiger partial charge is 0.305 e. The molecule has 1 aromatic rings. The van der Waals surface area contributed by atoms with E-state index in [2.05, 4.69) is 15.7 Å². The van der Waals surface area contributed by atoms with Crippen LogP contribution in [0.1, 0.15) is 0 Å². The molecule has 0 aromatic carbocycles. The lowest BCUT2D eigenvalue weighted by atomic mass is 10.4. The first-order valence-electron chi connectivity index (χ1n) is 4.08. The Morgan fingerprint density at radius 2 is 2.31 bits per heavy atom. The lowest BCUT2D eigenvalue weighted by Crippen LogP contribution is -2.09. The fourth-order valence-electron chi connectivity index (χ4n) is 0.917. The fourth-order valence-corrected chi connectivity index (χ4v) is 1.91. The molecule has 0 radical (unpaired) electrons. The van der Waals surface area contributed by atoms with Crippen LogP contribution in [0.4, 0.5) is 5.69 Å². The Balaban J connectivity index is 3.22. The summed E-state index contributed by atoms with van der Waals surface area (Å²) in [6.07, 6.45) is 3.22. The zero-order valence-electron chi connectivity index (χ0n) is 8.07. The third-order valence-corrected chi connectivity index (χ3v) is 2.87. The predicted molar refractivity (Wildman–Crippen MR) is 54.2 cm³/mol. The summed E-state index contributed by atoms with van der Waals surface area (Å²) in [6.45, 7) is 3.02. The maximum atomic E-state index is 11.5. The third-order valence-electron chi connectivity index (χ3n) is 1.57. The van der Waals surface area contributed by atoms with E-state index >= 15 is 0 Å². The number of aromatic nitrogens is 1. The van der Waals surface area contributed by atoms with E-state index in [0.717, 1.165) is 18.5 Å². The molecular formula is C8H8N2O5S. The van der Waals surface area contributed by atoms with E-state index in [1.807, 2.05) is 0 Å². The molecule has 0 aliphatic heterocycles. The summed E-state index contributed by atoms with van der Waals surface area (Å²) in [6, 6.07) is 0.990. The lowest BCUT2D eigenvalue weighted by molar-refractivity contribution is -0.388. The molecule has 1 aromatic heterocycles. The SMILES string of the molecule is C=CCOS(=O)(=O)c1cnccc1[N+](=O)[O-]. The predicted octanol–water partition coefficient (Wildman–Crippen LogP) is 0.881. The average molecular weight is 244 g/mol. The van der Waals surface area contributed by atoms with Gasteiger partial charge in [-0.1, -0.05) is 6.08 Å². The van der Waals surface area contributed by atoms with Crippen LogP contribution in [-0.4, -0.2) is 24.9 Å². The van der Waals surface area contributed by atoms with Crippen molar-refractivity contribution in [3.8, 4) is 0 Å². The van der Waals surface area contributed by atoms with Gasteiger partial charge in [-0.15, -0.1) is 6.58 Å². The topological polar surface area (TPSA) is 99.4 Å². The molecule has 8 heteroatoms. The fraction of sp³-hybridized carbons (Fsp3) is 0.125. The molecule has 0 N–H and O–H groups in total. The summed E-state index contributed by atoms with van der Waals surface area (Å²) in [5.41, 5.74) is -0.570. The van der Waals surface area contributed by atoms with Gasteiger partial charge in [0.1, 0.15) is 0 Å². The Bertz CT molecular complexity index is 511. The first-order valence-corrected chi connectivity index (χ1v) is 5.48. The lowest BCUT2D eigenvalue weighted by Gasteiger charge is -2.03. The van der Waals surface area contributed by atoms with Crippen LogP contribution in [-0.2, 0) is 14.3 Å². The third kappa shape index (κ3) is 2.61. The van der Waals surface area contributed by atoms with Gasteiger partial charge < -0.3 is 0 Å². The molecule has 1 rings (SSSR count). The Morgan fingerprint density at radius 3 is 2.88 bits per heavy atom. The first-order chi connectivity index (χ1) is 7.49. The van der Waals surface area contributed by atoms with Crippen LogP contribution >= 0.6 is 0 Å². The van der Waals surface area contributed by atoms with Crippen molar-refractivity contribution in [3.05, 3.63) is 41.2 Å². The van der Waals surface area contributed by atoms with E-state index in [9.17, 15) is 18.5 Å². The molecule has 0 aliphatic rings. The van der Waals surface area contributed by atoms with Gasteiger partial charge in [0, 0.05) is 12.3 Å². The molecular weight excluding hydrogens is 236 g/mol. The molecule has 0 bridgehead atoms. The highest BCUT2D eigenvalue weighted by atomic mass is 32.2. The van der Waals surface area contributed by atoms with Gasteiger partial charge in [0.25, 0.3) is 5.69 Å². The number of rotatable bonds is 5. The van der Waals surface area contributed by atoms with Gasteiger partial charge in [-0.3, -0.25) is 19.3 Å². The van der Waals surface area contributed by atoms with E-state index in [1.54, 1.807) is 0 Å². The molecule has 0 spiro atoms. The smallest absolute Gasteiger partial charge is 0.263 e. The van der Waals surface area contributed by atoms with Crippen LogP contribution in [0.25, 0.3) is 0 Å². The molecule has 0 atom stereocenters. The second-order valence-electron chi connectivity index (χ2n) is 2.63. The van der Waals surface area contributed by atoms with E-state index in [4.69, 9.17) is 0 Å². The monoisotopic (exact) mass is 244 g/mol. The maximum absolute atomic E-state index is 11.5. The molecule has 0 amide bonds. The van der Waals surface area contributed by atoms with Crippen LogP contribution in [0.15, 0.2) is 36.0 Å². The van der Waals surface area contributed by atoms with Gasteiger partial charge in [0.05, 0.1) is 17.7 Å². The van der Waals surface area contributed by atoms with Crippen molar-refractivity contribution in [2.45, 2.75) is 4.90 Å². The minimum Gasteiger partial charge on any atom is -0.263 e. The van der Waals surface area contributed by atoms with Crippen LogP contribution in [0.2, 0.25) is 0 Å². The van der Waals surface area contributed by atoms with Gasteiger partial charge in [-0.2, -0.15) is 8.42 Å². The number of hydrogen-bond donors (Lipinski definition) is 0. The molecule has 0 fully saturated rings. The van der Waals surface area contributed by atoms with Gasteiger partial charge in [0.15, 0.2) is 4.90 Å². The number of nitrogens with zero attached hydrogens (tertiary/aromatic N) is 2. The van der Waals surface area contributed by atoms with Crippen molar-refractivity contribution >= 4 is 15.8 Å². The van der Waals surface area contributed by atoms with Gasteiger partial charge >= 0.3 is 10.1 Å². The van der Waals surface area contributed by atoms with E-state index in [0.29, 0.717) is 0 Å². The Morgan fingerprint density at radius 1 is 1.62 bits per heavy atom. The zero-order valence-corrected chi connectivity index (χ0v) is 8.88. The van der Waals surface area contributed by atoms with Crippen molar-refractivity contribution in [1.29, 1.82) is 0 Å². The minimum absolute atomic E-state index is 0.256. The van der Waals surface area contributed by atoms with Crippen molar-refractivity contribution in [2.24, 2.45) is 0 Å². The van der Waals surface area contributed by atoms with E-state index < -0.39 is 25.6 Å². The molecule has 16 heavy (non-hydrogen) atoms. The van der Waals surface area contributed by atoms with E-state index in [-0.39, 0.29) is 6.61 Å². The number of hydrogen-bond acceptors (Lipinski definition) is 6. The first kappa shape index (κ1) is 12.3. The van der Waals surface area contributed by atoms with Gasteiger partial charge in [-0.05, 0) is 0 Å². The zero-order chi connectivity index (χ0) is 12.2. The molecule has 0 aliphatic carbocycles. The van der Waals surface area contributed by atoms with Crippen LogP contribution < -0.4 is 0 Å². The molecule has 0 saturated carbocycles. The summed E-state index contributed by atoms with van der Waals surface area (Å²) < 4.78 is 27.5. The minimum atomic E-state index is -4.17. The molecule has 86 valence electrons. The van der Waals surface area contributed by atoms with Crippen molar-refractivity contribution in [3.63, 3.8) is 0 Å². The maximum Gasteiger partial charge on any atom is 0.305 e. The highest BCUT2D eigenvalue weighted by Crippen LogP contribution is 2.23. The van der Waals surface area contributed by atoms with Crippen molar-refractivity contribution in [2.75, 3.05) is 6.61 Å². The van der Waals surface area contributed by atoms with Gasteiger partial charge in [0.2, 0.25) is 0 Å². The summed E-state index contributed by atoms with van der Waals surface area (Å²) in [5.74, 6) is 0. The summed E-state index contributed by atoms with van der Waals surface area (Å²) in [5, 5.41) is 10.6. The second-order valence-corrected chi connectivity index (χ2v) is 4.21. The second kappa shape index (κ2) is 4.81. The van der Waals surface area contributed by atoms with Crippen LogP contribution in [0.3, 0.4) is 0 Å². The van der Waals surface area contributed by atoms with E-state index in [1.165, 1.54) is 6.08 Å². The van der Waals surface area contributed by atoms with Gasteiger partial charge in [-0.25, -0.2) is 0 Å².